The summed E-state index contributed by atoms with van der Waals surface area (Å²) < 4.78 is 33.0. The van der Waals surface area contributed by atoms with Crippen molar-refractivity contribution in [1.82, 2.24) is 4.31 Å². The number of sulfonamides is 1. The van der Waals surface area contributed by atoms with Crippen LogP contribution in [-0.4, -0.2) is 49.2 Å². The Kier molecular flexibility index (Phi) is 7.73. The molecule has 0 amide bonds. The van der Waals surface area contributed by atoms with E-state index in [1.165, 1.54) is 12.1 Å². The Bertz CT molecular complexity index is 1190. The Balaban J connectivity index is 1.93. The van der Waals surface area contributed by atoms with Crippen LogP contribution in [0.15, 0.2) is 26.6 Å². The zero-order valence-corrected chi connectivity index (χ0v) is 20.7. The van der Waals surface area contributed by atoms with Crippen molar-refractivity contribution >= 4 is 38.7 Å². The quantitative estimate of drug-likeness (QED) is 0.336. The molecule has 1 fully saturated rings. The van der Waals surface area contributed by atoms with Gasteiger partial charge in [0, 0.05) is 13.1 Å². The number of ether oxygens (including phenoxy) is 1. The highest BCUT2D eigenvalue weighted by molar-refractivity contribution is 7.89. The molecule has 1 aliphatic heterocycles. The predicted molar refractivity (Wildman–Crippen MR) is 129 cm³/mol. The molecule has 182 valence electrons. The number of aromatic hydroxyl groups is 1. The van der Waals surface area contributed by atoms with Gasteiger partial charge < -0.3 is 20.5 Å². The van der Waals surface area contributed by atoms with Gasteiger partial charge >= 0.3 is 0 Å². The highest BCUT2D eigenvalue weighted by Crippen LogP contribution is 2.40. The summed E-state index contributed by atoms with van der Waals surface area (Å²) in [5, 5.41) is 16.5. The Morgan fingerprint density at radius 1 is 1.15 bits per heavy atom. The standard InChI is InChI=1S/C22H30ClN3O6S/c1-5-14(16-11-8-12(4)32-16)24-17-18(21(29)20(17)28)25-15-10-9-13(23)22(19(15)27)33(30,31)26(6-2)7-3/h9-10,12,14,16,24-25,27H,5-8,11H2,1-4H3/t12-,14-,16-/m1/s1. The lowest BCUT2D eigenvalue weighted by Crippen LogP contribution is -2.42. The zero-order chi connectivity index (χ0) is 24.5. The van der Waals surface area contributed by atoms with Crippen molar-refractivity contribution in [3.63, 3.8) is 0 Å². The SMILES string of the molecule is CC[C@@H](Nc1c(Nc2ccc(Cl)c(S(=O)(=O)N(CC)CC)c2O)c(=O)c1=O)[C@H]1CC[C@@H](C)O1. The molecule has 0 radical (unpaired) electrons. The molecule has 33 heavy (non-hydrogen) atoms. The van der Waals surface area contributed by atoms with Gasteiger partial charge in [0.05, 0.1) is 29.0 Å². The van der Waals surface area contributed by atoms with Crippen LogP contribution in [0.25, 0.3) is 0 Å². The molecule has 2 aromatic rings. The highest BCUT2D eigenvalue weighted by Gasteiger charge is 2.33. The molecule has 2 aromatic carbocycles. The first-order valence-corrected chi connectivity index (χ1v) is 12.9. The number of nitrogens with one attached hydrogen (secondary N) is 2. The minimum Gasteiger partial charge on any atom is -0.504 e. The van der Waals surface area contributed by atoms with Crippen LogP contribution in [0.3, 0.4) is 0 Å². The van der Waals surface area contributed by atoms with Crippen molar-refractivity contribution < 1.29 is 18.3 Å². The Hall–Kier alpha value is -2.14. The molecular formula is C22H30ClN3O6S. The van der Waals surface area contributed by atoms with E-state index in [0.717, 1.165) is 17.1 Å². The maximum absolute atomic E-state index is 13.0. The normalized spacial score (nSPS) is 19.8. The van der Waals surface area contributed by atoms with Crippen LogP contribution in [0.5, 0.6) is 5.75 Å². The second kappa shape index (κ2) is 10.0. The number of phenolic OH excluding ortho intramolecular Hbond substituents is 1. The number of benzene rings is 1. The summed E-state index contributed by atoms with van der Waals surface area (Å²) in [5.74, 6) is -0.617. The third kappa shape index (κ3) is 4.75. The fourth-order valence-corrected chi connectivity index (χ4v) is 6.19. The number of halogens is 1. The third-order valence-electron chi connectivity index (χ3n) is 6.04. The minimum atomic E-state index is -4.08. The fraction of sp³-hybridized carbons (Fsp3) is 0.545. The Morgan fingerprint density at radius 2 is 1.79 bits per heavy atom. The molecule has 1 saturated heterocycles. The highest BCUT2D eigenvalue weighted by atomic mass is 35.5. The van der Waals surface area contributed by atoms with E-state index in [0.29, 0.717) is 6.42 Å². The van der Waals surface area contributed by atoms with E-state index in [-0.39, 0.29) is 53.4 Å². The van der Waals surface area contributed by atoms with Crippen molar-refractivity contribution in [1.29, 1.82) is 0 Å². The summed E-state index contributed by atoms with van der Waals surface area (Å²) in [6.45, 7) is 7.68. The average Bonchev–Trinajstić information content (AvgIpc) is 3.20. The number of anilines is 3. The summed E-state index contributed by atoms with van der Waals surface area (Å²) in [7, 11) is -4.08. The summed E-state index contributed by atoms with van der Waals surface area (Å²) in [6.07, 6.45) is 2.48. The number of phenols is 1. The number of hydrogen-bond donors (Lipinski definition) is 3. The molecule has 0 bridgehead atoms. The predicted octanol–water partition coefficient (Wildman–Crippen LogP) is 3.17. The van der Waals surface area contributed by atoms with Gasteiger partial charge in [-0.05, 0) is 38.3 Å². The average molecular weight is 500 g/mol. The van der Waals surface area contributed by atoms with Crippen LogP contribution < -0.4 is 21.5 Å². The van der Waals surface area contributed by atoms with Gasteiger partial charge in [0.25, 0.3) is 10.9 Å². The number of rotatable bonds is 10. The van der Waals surface area contributed by atoms with Gasteiger partial charge in [0.1, 0.15) is 16.3 Å². The van der Waals surface area contributed by atoms with Gasteiger partial charge in [-0.2, -0.15) is 4.31 Å². The van der Waals surface area contributed by atoms with E-state index in [1.54, 1.807) is 13.8 Å². The Labute approximate surface area is 198 Å². The van der Waals surface area contributed by atoms with E-state index >= 15 is 0 Å². The second-order valence-corrected chi connectivity index (χ2v) is 10.4. The molecule has 0 aromatic heterocycles. The number of hydrogen-bond acceptors (Lipinski definition) is 8. The van der Waals surface area contributed by atoms with Crippen LogP contribution in [0.1, 0.15) is 47.0 Å². The van der Waals surface area contributed by atoms with Crippen molar-refractivity contribution in [2.75, 3.05) is 23.7 Å². The zero-order valence-electron chi connectivity index (χ0n) is 19.1. The summed E-state index contributed by atoms with van der Waals surface area (Å²) >= 11 is 6.13. The van der Waals surface area contributed by atoms with Gasteiger partial charge in [-0.1, -0.05) is 32.4 Å². The number of nitrogens with zero attached hydrogens (tertiary/aromatic N) is 1. The lowest BCUT2D eigenvalue weighted by molar-refractivity contribution is 0.0438. The lowest BCUT2D eigenvalue weighted by Gasteiger charge is -2.26. The van der Waals surface area contributed by atoms with Crippen LogP contribution >= 0.6 is 11.6 Å². The van der Waals surface area contributed by atoms with E-state index in [1.807, 2.05) is 13.8 Å². The maximum atomic E-state index is 13.0. The molecule has 1 heterocycles. The van der Waals surface area contributed by atoms with Crippen molar-refractivity contribution in [3.05, 3.63) is 37.6 Å². The third-order valence-corrected chi connectivity index (χ3v) is 8.59. The molecule has 1 aliphatic rings. The molecular weight excluding hydrogens is 470 g/mol. The summed E-state index contributed by atoms with van der Waals surface area (Å²) in [6, 6.07) is 2.51. The minimum absolute atomic E-state index is 0.0340. The first kappa shape index (κ1) is 25.5. The van der Waals surface area contributed by atoms with Crippen LogP contribution in [0.2, 0.25) is 5.02 Å². The van der Waals surface area contributed by atoms with Crippen LogP contribution in [0.4, 0.5) is 17.1 Å². The molecule has 0 saturated carbocycles. The van der Waals surface area contributed by atoms with E-state index in [9.17, 15) is 23.1 Å². The molecule has 0 aliphatic carbocycles. The molecule has 9 nitrogen and oxygen atoms in total. The molecule has 3 N–H and O–H groups in total. The van der Waals surface area contributed by atoms with Gasteiger partial charge in [-0.3, -0.25) is 9.59 Å². The summed E-state index contributed by atoms with van der Waals surface area (Å²) in [4.78, 5) is 24.1. The monoisotopic (exact) mass is 499 g/mol. The van der Waals surface area contributed by atoms with Crippen molar-refractivity contribution in [3.8, 4) is 5.75 Å². The molecule has 3 rings (SSSR count). The molecule has 3 atom stereocenters. The van der Waals surface area contributed by atoms with E-state index < -0.39 is 31.5 Å². The first-order valence-electron chi connectivity index (χ1n) is 11.1. The molecule has 0 spiro atoms. The fourth-order valence-electron chi connectivity index (χ4n) is 4.14. The second-order valence-electron chi connectivity index (χ2n) is 8.12. The molecule has 0 unspecified atom stereocenters. The summed E-state index contributed by atoms with van der Waals surface area (Å²) in [5.41, 5.74) is -1.41. The first-order chi connectivity index (χ1) is 15.6. The van der Waals surface area contributed by atoms with Gasteiger partial charge in [-0.25, -0.2) is 8.42 Å². The van der Waals surface area contributed by atoms with Crippen LogP contribution in [0, 0.1) is 0 Å². The van der Waals surface area contributed by atoms with Crippen LogP contribution in [-0.2, 0) is 14.8 Å². The largest absolute Gasteiger partial charge is 0.504 e. The maximum Gasteiger partial charge on any atom is 0.253 e. The van der Waals surface area contributed by atoms with Crippen molar-refractivity contribution in [2.45, 2.75) is 70.1 Å². The van der Waals surface area contributed by atoms with Gasteiger partial charge in [0.2, 0.25) is 10.0 Å². The van der Waals surface area contributed by atoms with Crippen molar-refractivity contribution in [2.24, 2.45) is 0 Å². The topological polar surface area (TPSA) is 125 Å². The lowest BCUT2D eigenvalue weighted by atomic mass is 10.0. The Morgan fingerprint density at radius 3 is 2.33 bits per heavy atom. The smallest absolute Gasteiger partial charge is 0.253 e. The van der Waals surface area contributed by atoms with E-state index in [4.69, 9.17) is 16.3 Å². The van der Waals surface area contributed by atoms with Gasteiger partial charge in [-0.15, -0.1) is 0 Å². The molecule has 11 heteroatoms. The van der Waals surface area contributed by atoms with Gasteiger partial charge in [0.15, 0.2) is 5.75 Å². The van der Waals surface area contributed by atoms with E-state index in [2.05, 4.69) is 10.6 Å².